The molecule has 0 bridgehead atoms. The van der Waals surface area contributed by atoms with Gasteiger partial charge in [-0.15, -0.1) is 0 Å². The Labute approximate surface area is 67.2 Å². The predicted octanol–water partition coefficient (Wildman–Crippen LogP) is 2.01. The van der Waals surface area contributed by atoms with E-state index in [4.69, 9.17) is 5.73 Å². The normalized spacial score (nSPS) is 45.8. The first-order valence-electron chi connectivity index (χ1n) is 4.65. The fraction of sp³-hybridized carbons (Fsp3) is 1.00. The topological polar surface area (TPSA) is 26.0 Å². The lowest BCUT2D eigenvalue weighted by Crippen LogP contribution is -2.37. The van der Waals surface area contributed by atoms with Crippen LogP contribution >= 0.6 is 0 Å². The highest BCUT2D eigenvalue weighted by atomic mass is 19.1. The van der Waals surface area contributed by atoms with Crippen molar-refractivity contribution in [2.75, 3.05) is 0 Å². The Bertz CT molecular complexity index is 146. The molecular weight excluding hydrogens is 141 g/mol. The fourth-order valence-electron chi connectivity index (χ4n) is 2.13. The average Bonchev–Trinajstić information content (AvgIpc) is 2.77. The Hall–Kier alpha value is -0.110. The Balaban J connectivity index is 1.93. The molecule has 11 heavy (non-hydrogen) atoms. The van der Waals surface area contributed by atoms with Gasteiger partial charge >= 0.3 is 0 Å². The third kappa shape index (κ3) is 1.41. The smallest absolute Gasteiger partial charge is 0.114 e. The van der Waals surface area contributed by atoms with E-state index < -0.39 is 5.67 Å². The van der Waals surface area contributed by atoms with Gasteiger partial charge in [0.05, 0.1) is 0 Å². The lowest BCUT2D eigenvalue weighted by atomic mass is 9.81. The summed E-state index contributed by atoms with van der Waals surface area (Å²) in [5, 5.41) is 0. The van der Waals surface area contributed by atoms with Crippen LogP contribution in [0.1, 0.15) is 38.5 Å². The summed E-state index contributed by atoms with van der Waals surface area (Å²) < 4.78 is 13.9. The van der Waals surface area contributed by atoms with E-state index in [-0.39, 0.29) is 6.04 Å². The van der Waals surface area contributed by atoms with Crippen LogP contribution in [0.15, 0.2) is 0 Å². The van der Waals surface area contributed by atoms with Crippen LogP contribution < -0.4 is 5.73 Å². The second kappa shape index (κ2) is 2.44. The van der Waals surface area contributed by atoms with Crippen LogP contribution in [-0.2, 0) is 0 Å². The van der Waals surface area contributed by atoms with E-state index in [0.717, 1.165) is 38.5 Å². The SMILES string of the molecule is NC1CCC(F)(C2CC2)CC1. The van der Waals surface area contributed by atoms with Gasteiger partial charge < -0.3 is 5.73 Å². The van der Waals surface area contributed by atoms with Crippen molar-refractivity contribution in [1.29, 1.82) is 0 Å². The van der Waals surface area contributed by atoms with Crippen molar-refractivity contribution >= 4 is 0 Å². The van der Waals surface area contributed by atoms with Gasteiger partial charge in [-0.05, 0) is 44.4 Å². The van der Waals surface area contributed by atoms with Gasteiger partial charge in [-0.3, -0.25) is 0 Å². The second-order valence-corrected chi connectivity index (χ2v) is 4.15. The minimum Gasteiger partial charge on any atom is -0.328 e. The molecule has 0 atom stereocenters. The highest BCUT2D eigenvalue weighted by Gasteiger charge is 2.46. The van der Waals surface area contributed by atoms with E-state index in [1.807, 2.05) is 0 Å². The minimum absolute atomic E-state index is 0.276. The van der Waals surface area contributed by atoms with Crippen LogP contribution in [0.4, 0.5) is 4.39 Å². The summed E-state index contributed by atoms with van der Waals surface area (Å²) in [5.41, 5.74) is 4.90. The molecule has 0 aromatic rings. The van der Waals surface area contributed by atoms with Gasteiger partial charge in [0.25, 0.3) is 0 Å². The molecular formula is C9H16FN. The minimum atomic E-state index is -0.810. The van der Waals surface area contributed by atoms with Crippen molar-refractivity contribution in [3.63, 3.8) is 0 Å². The van der Waals surface area contributed by atoms with Gasteiger partial charge in [0.15, 0.2) is 0 Å². The molecule has 0 saturated heterocycles. The molecule has 0 aromatic heterocycles. The molecule has 2 rings (SSSR count). The summed E-state index contributed by atoms with van der Waals surface area (Å²) in [6, 6.07) is 0.276. The Morgan fingerprint density at radius 1 is 1.09 bits per heavy atom. The van der Waals surface area contributed by atoms with Crippen molar-refractivity contribution in [1.82, 2.24) is 0 Å². The van der Waals surface area contributed by atoms with Crippen LogP contribution in [0.3, 0.4) is 0 Å². The van der Waals surface area contributed by atoms with Crippen molar-refractivity contribution in [2.45, 2.75) is 50.2 Å². The molecule has 0 heterocycles. The molecule has 2 N–H and O–H groups in total. The third-order valence-electron chi connectivity index (χ3n) is 3.17. The number of hydrogen-bond acceptors (Lipinski definition) is 1. The van der Waals surface area contributed by atoms with E-state index >= 15 is 0 Å². The molecule has 2 heteroatoms. The molecule has 64 valence electrons. The first kappa shape index (κ1) is 7.53. The van der Waals surface area contributed by atoms with Crippen molar-refractivity contribution in [2.24, 2.45) is 11.7 Å². The summed E-state index contributed by atoms with van der Waals surface area (Å²) in [7, 11) is 0. The summed E-state index contributed by atoms with van der Waals surface area (Å²) in [5.74, 6) is 0.398. The Morgan fingerprint density at radius 3 is 2.09 bits per heavy atom. The van der Waals surface area contributed by atoms with Crippen molar-refractivity contribution in [3.8, 4) is 0 Å². The largest absolute Gasteiger partial charge is 0.328 e. The summed E-state index contributed by atoms with van der Waals surface area (Å²) in [4.78, 5) is 0. The van der Waals surface area contributed by atoms with E-state index in [9.17, 15) is 4.39 Å². The highest BCUT2D eigenvalue weighted by molar-refractivity contribution is 4.98. The predicted molar refractivity (Wildman–Crippen MR) is 43.0 cm³/mol. The standard InChI is InChI=1S/C9H16FN/c10-9(7-1-2-7)5-3-8(11)4-6-9/h7-8H,1-6,11H2. The van der Waals surface area contributed by atoms with Crippen LogP contribution in [0.2, 0.25) is 0 Å². The second-order valence-electron chi connectivity index (χ2n) is 4.15. The molecule has 0 amide bonds. The van der Waals surface area contributed by atoms with Gasteiger partial charge in [-0.25, -0.2) is 4.39 Å². The first-order valence-corrected chi connectivity index (χ1v) is 4.65. The molecule has 0 radical (unpaired) electrons. The van der Waals surface area contributed by atoms with E-state index in [2.05, 4.69) is 0 Å². The molecule has 2 aliphatic rings. The Morgan fingerprint density at radius 2 is 1.64 bits per heavy atom. The van der Waals surface area contributed by atoms with Crippen LogP contribution in [0.25, 0.3) is 0 Å². The maximum atomic E-state index is 13.9. The fourth-order valence-corrected chi connectivity index (χ4v) is 2.13. The maximum absolute atomic E-state index is 13.9. The highest BCUT2D eigenvalue weighted by Crippen LogP contribution is 2.49. The van der Waals surface area contributed by atoms with Crippen LogP contribution in [-0.4, -0.2) is 11.7 Å². The molecule has 0 unspecified atom stereocenters. The van der Waals surface area contributed by atoms with Gasteiger partial charge in [0.1, 0.15) is 5.67 Å². The monoisotopic (exact) mass is 157 g/mol. The maximum Gasteiger partial charge on any atom is 0.114 e. The van der Waals surface area contributed by atoms with Gasteiger partial charge in [-0.2, -0.15) is 0 Å². The van der Waals surface area contributed by atoms with Gasteiger partial charge in [-0.1, -0.05) is 0 Å². The third-order valence-corrected chi connectivity index (χ3v) is 3.17. The number of rotatable bonds is 1. The van der Waals surface area contributed by atoms with Crippen molar-refractivity contribution < 1.29 is 4.39 Å². The zero-order chi connectivity index (χ0) is 7.90. The molecule has 2 saturated carbocycles. The van der Waals surface area contributed by atoms with E-state index in [1.54, 1.807) is 0 Å². The lowest BCUT2D eigenvalue weighted by Gasteiger charge is -2.32. The van der Waals surface area contributed by atoms with E-state index in [1.165, 1.54) is 0 Å². The van der Waals surface area contributed by atoms with E-state index in [0.29, 0.717) is 5.92 Å². The molecule has 2 aliphatic carbocycles. The molecule has 0 aliphatic heterocycles. The first-order chi connectivity index (χ1) is 5.21. The number of hydrogen-bond donors (Lipinski definition) is 1. The average molecular weight is 157 g/mol. The molecule has 0 aromatic carbocycles. The lowest BCUT2D eigenvalue weighted by molar-refractivity contribution is 0.0745. The summed E-state index contributed by atoms with van der Waals surface area (Å²) in [6.07, 6.45) is 5.47. The Kier molecular flexibility index (Phi) is 1.67. The van der Waals surface area contributed by atoms with Gasteiger partial charge in [0, 0.05) is 6.04 Å². The zero-order valence-electron chi connectivity index (χ0n) is 6.85. The van der Waals surface area contributed by atoms with Gasteiger partial charge in [0.2, 0.25) is 0 Å². The summed E-state index contributed by atoms with van der Waals surface area (Å²) in [6.45, 7) is 0. The van der Waals surface area contributed by atoms with Crippen LogP contribution in [0.5, 0.6) is 0 Å². The number of nitrogens with two attached hydrogens (primary N) is 1. The number of halogens is 1. The quantitative estimate of drug-likeness (QED) is 0.619. The van der Waals surface area contributed by atoms with Crippen LogP contribution in [0, 0.1) is 5.92 Å². The molecule has 0 spiro atoms. The molecule has 1 nitrogen and oxygen atoms in total. The number of alkyl halides is 1. The summed E-state index contributed by atoms with van der Waals surface area (Å²) >= 11 is 0. The molecule has 2 fully saturated rings. The zero-order valence-corrected chi connectivity index (χ0v) is 6.85. The van der Waals surface area contributed by atoms with Crippen molar-refractivity contribution in [3.05, 3.63) is 0 Å².